The van der Waals surface area contributed by atoms with Crippen LogP contribution in [0.25, 0.3) is 10.2 Å². The summed E-state index contributed by atoms with van der Waals surface area (Å²) in [6.45, 7) is 0. The first kappa shape index (κ1) is 12.0. The number of hydrogen-bond donors (Lipinski definition) is 3. The minimum atomic E-state index is -3.59. The van der Waals surface area contributed by atoms with Gasteiger partial charge in [-0.05, 0) is 24.3 Å². The molecule has 0 aliphatic carbocycles. The molecule has 0 aliphatic heterocycles. The number of hydrogen-bond acceptors (Lipinski definition) is 5. The van der Waals surface area contributed by atoms with E-state index in [1.54, 1.807) is 24.4 Å². The molecule has 19 heavy (non-hydrogen) atoms. The molecule has 0 amide bonds. The van der Waals surface area contributed by atoms with Gasteiger partial charge in [-0.15, -0.1) is 0 Å². The van der Waals surface area contributed by atoms with E-state index < -0.39 is 10.0 Å². The predicted molar refractivity (Wildman–Crippen MR) is 75.6 cm³/mol. The van der Waals surface area contributed by atoms with Crippen molar-refractivity contribution in [1.29, 1.82) is 0 Å². The van der Waals surface area contributed by atoms with Crippen LogP contribution in [0.1, 0.15) is 0 Å². The molecule has 6 nitrogen and oxygen atoms in total. The second-order valence-corrected chi connectivity index (χ2v) is 6.61. The molecule has 0 aliphatic rings. The number of fused-ring (bicyclic) bond motifs is 1. The van der Waals surface area contributed by atoms with Crippen LogP contribution in [0.5, 0.6) is 0 Å². The molecule has 3 rings (SSSR count). The first-order chi connectivity index (χ1) is 9.04. The molecule has 0 saturated carbocycles. The molecule has 0 fully saturated rings. The lowest BCUT2D eigenvalue weighted by atomic mass is 10.3. The largest absolute Gasteiger partial charge is 0.399 e. The topological polar surface area (TPSA) is 101 Å². The number of aromatic amines is 1. The van der Waals surface area contributed by atoms with Gasteiger partial charge >= 0.3 is 0 Å². The second kappa shape index (κ2) is 4.25. The Morgan fingerprint density at radius 3 is 2.89 bits per heavy atom. The molecule has 0 radical (unpaired) electrons. The highest BCUT2D eigenvalue weighted by Crippen LogP contribution is 2.28. The number of benzene rings is 1. The van der Waals surface area contributed by atoms with Gasteiger partial charge < -0.3 is 10.7 Å². The van der Waals surface area contributed by atoms with E-state index in [9.17, 15) is 8.42 Å². The van der Waals surface area contributed by atoms with Gasteiger partial charge in [0, 0.05) is 18.1 Å². The van der Waals surface area contributed by atoms with Crippen LogP contribution in [0.2, 0.25) is 0 Å². The quantitative estimate of drug-likeness (QED) is 0.643. The van der Waals surface area contributed by atoms with E-state index in [0.29, 0.717) is 16.3 Å². The highest BCUT2D eigenvalue weighted by molar-refractivity contribution is 7.93. The maximum atomic E-state index is 12.0. The molecule has 0 saturated heterocycles. The number of rotatable bonds is 3. The molecule has 2 heterocycles. The number of nitrogens with zero attached hydrogens (tertiary/aromatic N) is 1. The van der Waals surface area contributed by atoms with Gasteiger partial charge in [0.2, 0.25) is 0 Å². The summed E-state index contributed by atoms with van der Waals surface area (Å²) >= 11 is 1.24. The SMILES string of the molecule is Nc1ccc2nc(NS(=O)(=O)c3cc[nH]c3)sc2c1. The minimum absolute atomic E-state index is 0.172. The fourth-order valence-electron chi connectivity index (χ4n) is 1.63. The van der Waals surface area contributed by atoms with Crippen LogP contribution in [0, 0.1) is 0 Å². The number of sulfonamides is 1. The van der Waals surface area contributed by atoms with Crippen molar-refractivity contribution in [2.75, 3.05) is 10.5 Å². The van der Waals surface area contributed by atoms with Crippen LogP contribution in [0.15, 0.2) is 41.6 Å². The molecule has 2 aromatic heterocycles. The summed E-state index contributed by atoms with van der Waals surface area (Å²) in [5.74, 6) is 0. The maximum Gasteiger partial charge on any atom is 0.265 e. The smallest absolute Gasteiger partial charge is 0.265 e. The Kier molecular flexibility index (Phi) is 2.68. The summed E-state index contributed by atoms with van der Waals surface area (Å²) in [6, 6.07) is 6.73. The Hall–Kier alpha value is -2.06. The zero-order valence-electron chi connectivity index (χ0n) is 9.62. The molecule has 0 spiro atoms. The summed E-state index contributed by atoms with van der Waals surface area (Å²) < 4.78 is 27.3. The number of H-pyrrole nitrogens is 1. The van der Waals surface area contributed by atoms with Crippen molar-refractivity contribution in [2.45, 2.75) is 4.90 Å². The molecule has 8 heteroatoms. The van der Waals surface area contributed by atoms with Crippen molar-refractivity contribution in [3.8, 4) is 0 Å². The Bertz CT molecular complexity index is 822. The van der Waals surface area contributed by atoms with Crippen molar-refractivity contribution in [1.82, 2.24) is 9.97 Å². The standard InChI is InChI=1S/C11H10N4O2S2/c12-7-1-2-9-10(5-7)18-11(14-9)15-19(16,17)8-3-4-13-6-8/h1-6,13H,12H2,(H,14,15). The summed E-state index contributed by atoms with van der Waals surface area (Å²) in [5, 5.41) is 0.321. The van der Waals surface area contributed by atoms with Crippen molar-refractivity contribution in [3.63, 3.8) is 0 Å². The number of anilines is 2. The van der Waals surface area contributed by atoms with E-state index in [4.69, 9.17) is 5.73 Å². The normalized spacial score (nSPS) is 11.8. The minimum Gasteiger partial charge on any atom is -0.399 e. The average molecular weight is 294 g/mol. The Labute approximate surface area is 113 Å². The van der Waals surface area contributed by atoms with Gasteiger partial charge in [0.05, 0.1) is 10.2 Å². The maximum absolute atomic E-state index is 12.0. The van der Waals surface area contributed by atoms with Gasteiger partial charge in [0.15, 0.2) is 5.13 Å². The summed E-state index contributed by atoms with van der Waals surface area (Å²) in [4.78, 5) is 7.09. The van der Waals surface area contributed by atoms with E-state index >= 15 is 0 Å². The molecule has 3 aromatic rings. The van der Waals surface area contributed by atoms with E-state index in [-0.39, 0.29) is 4.90 Å². The van der Waals surface area contributed by atoms with Gasteiger partial charge in [-0.3, -0.25) is 4.72 Å². The molecular weight excluding hydrogens is 284 g/mol. The zero-order chi connectivity index (χ0) is 13.5. The molecule has 98 valence electrons. The zero-order valence-corrected chi connectivity index (χ0v) is 11.3. The van der Waals surface area contributed by atoms with Crippen LogP contribution in [-0.2, 0) is 10.0 Å². The van der Waals surface area contributed by atoms with Crippen LogP contribution in [0.4, 0.5) is 10.8 Å². The van der Waals surface area contributed by atoms with Gasteiger partial charge in [-0.2, -0.15) is 0 Å². The van der Waals surface area contributed by atoms with Crippen molar-refractivity contribution in [3.05, 3.63) is 36.7 Å². The number of aromatic nitrogens is 2. The van der Waals surface area contributed by atoms with E-state index in [1.807, 2.05) is 0 Å². The Balaban J connectivity index is 1.98. The summed E-state index contributed by atoms with van der Waals surface area (Å²) in [7, 11) is -3.59. The van der Waals surface area contributed by atoms with Gasteiger partial charge in [-0.25, -0.2) is 13.4 Å². The fraction of sp³-hybridized carbons (Fsp3) is 0. The van der Waals surface area contributed by atoms with Crippen LogP contribution >= 0.6 is 11.3 Å². The molecular formula is C11H10N4O2S2. The van der Waals surface area contributed by atoms with E-state index in [0.717, 1.165) is 4.70 Å². The molecule has 0 unspecified atom stereocenters. The van der Waals surface area contributed by atoms with E-state index in [2.05, 4.69) is 14.7 Å². The highest BCUT2D eigenvalue weighted by Gasteiger charge is 2.16. The summed E-state index contributed by atoms with van der Waals surface area (Å²) in [5.41, 5.74) is 7.01. The lowest BCUT2D eigenvalue weighted by molar-refractivity contribution is 0.601. The lowest BCUT2D eigenvalue weighted by Crippen LogP contribution is -2.11. The van der Waals surface area contributed by atoms with Crippen LogP contribution in [0.3, 0.4) is 0 Å². The molecule has 0 atom stereocenters. The molecule has 0 bridgehead atoms. The van der Waals surface area contributed by atoms with Crippen LogP contribution in [-0.4, -0.2) is 18.4 Å². The van der Waals surface area contributed by atoms with Crippen molar-refractivity contribution in [2.24, 2.45) is 0 Å². The lowest BCUT2D eigenvalue weighted by Gasteiger charge is -2.01. The van der Waals surface area contributed by atoms with Gasteiger partial charge in [0.1, 0.15) is 4.90 Å². The summed E-state index contributed by atoms with van der Waals surface area (Å²) in [6.07, 6.45) is 2.96. The third-order valence-electron chi connectivity index (χ3n) is 2.51. The first-order valence-corrected chi connectivity index (χ1v) is 7.66. The number of nitrogens with two attached hydrogens (primary N) is 1. The number of nitrogens with one attached hydrogen (secondary N) is 2. The third-order valence-corrected chi connectivity index (χ3v) is 4.91. The molecule has 1 aromatic carbocycles. The monoisotopic (exact) mass is 294 g/mol. The van der Waals surface area contributed by atoms with Gasteiger partial charge in [0.25, 0.3) is 10.0 Å². The fourth-order valence-corrected chi connectivity index (χ4v) is 3.76. The van der Waals surface area contributed by atoms with Gasteiger partial charge in [-0.1, -0.05) is 11.3 Å². The highest BCUT2D eigenvalue weighted by atomic mass is 32.2. The second-order valence-electron chi connectivity index (χ2n) is 3.90. The Morgan fingerprint density at radius 2 is 2.16 bits per heavy atom. The number of thiazole rings is 1. The first-order valence-electron chi connectivity index (χ1n) is 5.36. The third kappa shape index (κ3) is 2.27. The Morgan fingerprint density at radius 1 is 1.32 bits per heavy atom. The predicted octanol–water partition coefficient (Wildman–Crippen LogP) is 2.01. The van der Waals surface area contributed by atoms with Crippen molar-refractivity contribution < 1.29 is 8.42 Å². The average Bonchev–Trinajstić information content (AvgIpc) is 2.95. The number of nitrogen functional groups attached to an aromatic ring is 1. The van der Waals surface area contributed by atoms with Crippen molar-refractivity contribution >= 4 is 42.4 Å². The van der Waals surface area contributed by atoms with E-state index in [1.165, 1.54) is 23.6 Å². The van der Waals surface area contributed by atoms with Crippen LogP contribution < -0.4 is 10.5 Å². The molecule has 4 N–H and O–H groups in total.